The third kappa shape index (κ3) is 4.63. The van der Waals surface area contributed by atoms with E-state index in [9.17, 15) is 40.2 Å². The van der Waals surface area contributed by atoms with Gasteiger partial charge < -0.3 is 45.3 Å². The molecule has 10 heteroatoms. The van der Waals surface area contributed by atoms with E-state index in [-0.39, 0.29) is 11.8 Å². The van der Waals surface area contributed by atoms with Gasteiger partial charge >= 0.3 is 0 Å². The Morgan fingerprint density at radius 2 is 1.67 bits per heavy atom. The highest BCUT2D eigenvalue weighted by molar-refractivity contribution is 5.98. The summed E-state index contributed by atoms with van der Waals surface area (Å²) in [7, 11) is 0. The lowest BCUT2D eigenvalue weighted by Gasteiger charge is -2.27. The van der Waals surface area contributed by atoms with Crippen molar-refractivity contribution in [1.29, 1.82) is 0 Å². The van der Waals surface area contributed by atoms with Crippen molar-refractivity contribution in [1.82, 2.24) is 0 Å². The van der Waals surface area contributed by atoms with Crippen LogP contribution in [0.15, 0.2) is 12.1 Å². The van der Waals surface area contributed by atoms with Gasteiger partial charge in [-0.05, 0) is 12.1 Å². The molecular weight excluding hydrogens is 328 g/mol. The van der Waals surface area contributed by atoms with Crippen LogP contribution in [0.4, 0.5) is 0 Å². The summed E-state index contributed by atoms with van der Waals surface area (Å²) < 4.78 is 4.93. The van der Waals surface area contributed by atoms with Crippen molar-refractivity contribution >= 4 is 12.1 Å². The van der Waals surface area contributed by atoms with E-state index < -0.39 is 60.7 Å². The first-order valence-electron chi connectivity index (χ1n) is 6.73. The first kappa shape index (κ1) is 19.8. The standard InChI is InChI=1S/C14H18O10/c15-3-9(19)13(23)14(10(20)4-16)24-5-11(21)6-1-7(17)12(22)8(18)2-6/h1-2,4,9-10,13-15,17-20,22-23H,3,5H2/t9-,10+,13-,14-/m1/s1. The Balaban J connectivity index is 2.86. The van der Waals surface area contributed by atoms with Crippen LogP contribution < -0.4 is 0 Å². The van der Waals surface area contributed by atoms with Crippen LogP contribution in [0, 0.1) is 0 Å². The number of ketones is 1. The lowest BCUT2D eigenvalue weighted by molar-refractivity contribution is -0.147. The third-order valence-electron chi connectivity index (χ3n) is 3.19. The van der Waals surface area contributed by atoms with Crippen molar-refractivity contribution in [2.45, 2.75) is 24.4 Å². The van der Waals surface area contributed by atoms with Crippen LogP contribution in [0.1, 0.15) is 10.4 Å². The second-order valence-electron chi connectivity index (χ2n) is 4.93. The topological polar surface area (TPSA) is 185 Å². The molecule has 134 valence electrons. The number of Topliss-reactive ketones (excluding diaryl/α,β-unsaturated/α-hetero) is 1. The number of benzene rings is 1. The van der Waals surface area contributed by atoms with Gasteiger partial charge in [0.05, 0.1) is 6.61 Å². The van der Waals surface area contributed by atoms with E-state index in [1.54, 1.807) is 0 Å². The van der Waals surface area contributed by atoms with Crippen LogP contribution in [0.2, 0.25) is 0 Å². The van der Waals surface area contributed by atoms with Gasteiger partial charge in [-0.15, -0.1) is 0 Å². The fourth-order valence-electron chi connectivity index (χ4n) is 1.82. The lowest BCUT2D eigenvalue weighted by Crippen LogP contribution is -2.48. The molecule has 1 aromatic rings. The number of carbonyl (C=O) groups is 2. The molecule has 1 rings (SSSR count). The molecule has 0 radical (unpaired) electrons. The summed E-state index contributed by atoms with van der Waals surface area (Å²) >= 11 is 0. The Hall–Kier alpha value is -2.24. The zero-order valence-corrected chi connectivity index (χ0v) is 12.3. The SMILES string of the molecule is O=C[C@H](O)[C@@H](OCC(=O)c1cc(O)c(O)c(O)c1)[C@H](O)[C@H](O)CO. The van der Waals surface area contributed by atoms with Gasteiger partial charge in [0.25, 0.3) is 0 Å². The number of aldehydes is 1. The van der Waals surface area contributed by atoms with Crippen molar-refractivity contribution in [2.75, 3.05) is 13.2 Å². The number of aliphatic hydroxyl groups excluding tert-OH is 4. The number of hydrogen-bond donors (Lipinski definition) is 7. The fraction of sp³-hybridized carbons (Fsp3) is 0.429. The van der Waals surface area contributed by atoms with Crippen LogP contribution in [-0.2, 0) is 9.53 Å². The van der Waals surface area contributed by atoms with Crippen molar-refractivity contribution in [3.05, 3.63) is 17.7 Å². The Morgan fingerprint density at radius 1 is 1.12 bits per heavy atom. The van der Waals surface area contributed by atoms with Crippen LogP contribution in [0.5, 0.6) is 17.2 Å². The van der Waals surface area contributed by atoms with Gasteiger partial charge in [-0.25, -0.2) is 0 Å². The van der Waals surface area contributed by atoms with Crippen LogP contribution in [-0.4, -0.2) is 85.4 Å². The summed E-state index contributed by atoms with van der Waals surface area (Å²) in [5.41, 5.74) is -0.251. The molecule has 0 aromatic heterocycles. The van der Waals surface area contributed by atoms with Crippen LogP contribution in [0.3, 0.4) is 0 Å². The second kappa shape index (κ2) is 8.57. The molecule has 0 aliphatic heterocycles. The Kier molecular flexibility index (Phi) is 7.07. The molecule has 0 aliphatic carbocycles. The molecule has 7 N–H and O–H groups in total. The number of hydrogen-bond acceptors (Lipinski definition) is 10. The van der Waals surface area contributed by atoms with Gasteiger partial charge in [0.2, 0.25) is 0 Å². The molecule has 0 saturated heterocycles. The molecule has 0 amide bonds. The summed E-state index contributed by atoms with van der Waals surface area (Å²) in [5, 5.41) is 65.2. The summed E-state index contributed by atoms with van der Waals surface area (Å²) in [6.45, 7) is -1.67. The van der Waals surface area contributed by atoms with Crippen molar-refractivity contribution < 1.29 is 50.1 Å². The Morgan fingerprint density at radius 3 is 2.12 bits per heavy atom. The molecule has 0 unspecified atom stereocenters. The number of carbonyl (C=O) groups excluding carboxylic acids is 2. The minimum Gasteiger partial charge on any atom is -0.504 e. The van der Waals surface area contributed by atoms with Crippen molar-refractivity contribution in [3.8, 4) is 17.2 Å². The number of ether oxygens (including phenoxy) is 1. The molecule has 24 heavy (non-hydrogen) atoms. The summed E-state index contributed by atoms with van der Waals surface area (Å²) in [4.78, 5) is 22.6. The molecule has 0 heterocycles. The normalized spacial score (nSPS) is 16.2. The molecule has 4 atom stereocenters. The molecule has 10 nitrogen and oxygen atoms in total. The maximum atomic E-state index is 11.9. The van der Waals surface area contributed by atoms with Crippen LogP contribution in [0.25, 0.3) is 0 Å². The fourth-order valence-corrected chi connectivity index (χ4v) is 1.82. The van der Waals surface area contributed by atoms with Gasteiger partial charge in [-0.2, -0.15) is 0 Å². The van der Waals surface area contributed by atoms with E-state index in [4.69, 9.17) is 9.84 Å². The Bertz CT molecular complexity index is 564. The summed E-state index contributed by atoms with van der Waals surface area (Å²) in [6, 6.07) is 1.70. The molecule has 0 bridgehead atoms. The van der Waals surface area contributed by atoms with E-state index >= 15 is 0 Å². The predicted molar refractivity (Wildman–Crippen MR) is 76.7 cm³/mol. The average molecular weight is 346 g/mol. The maximum absolute atomic E-state index is 11.9. The van der Waals surface area contributed by atoms with Crippen molar-refractivity contribution in [3.63, 3.8) is 0 Å². The second-order valence-corrected chi connectivity index (χ2v) is 4.93. The first-order valence-corrected chi connectivity index (χ1v) is 6.73. The van der Waals surface area contributed by atoms with Gasteiger partial charge in [0.1, 0.15) is 31.0 Å². The largest absolute Gasteiger partial charge is 0.504 e. The van der Waals surface area contributed by atoms with Crippen molar-refractivity contribution in [2.24, 2.45) is 0 Å². The number of phenolic OH excluding ortho intramolecular Hbond substituents is 3. The summed E-state index contributed by atoms with van der Waals surface area (Å²) in [5.74, 6) is -3.14. The van der Waals surface area contributed by atoms with E-state index in [1.165, 1.54) is 0 Å². The maximum Gasteiger partial charge on any atom is 0.200 e. The Labute approximate surface area is 135 Å². The lowest BCUT2D eigenvalue weighted by atomic mass is 10.0. The monoisotopic (exact) mass is 346 g/mol. The highest BCUT2D eigenvalue weighted by atomic mass is 16.5. The minimum atomic E-state index is -1.88. The smallest absolute Gasteiger partial charge is 0.200 e. The number of aromatic hydroxyl groups is 3. The van der Waals surface area contributed by atoms with E-state index in [0.29, 0.717) is 0 Å². The molecule has 1 aromatic carbocycles. The molecule has 0 saturated carbocycles. The van der Waals surface area contributed by atoms with E-state index in [1.807, 2.05) is 0 Å². The minimum absolute atomic E-state index is 0.0146. The van der Waals surface area contributed by atoms with Gasteiger partial charge in [0, 0.05) is 5.56 Å². The zero-order chi connectivity index (χ0) is 18.4. The molecule has 0 aliphatic rings. The average Bonchev–Trinajstić information content (AvgIpc) is 2.57. The van der Waals surface area contributed by atoms with E-state index in [2.05, 4.69) is 0 Å². The zero-order valence-electron chi connectivity index (χ0n) is 12.3. The van der Waals surface area contributed by atoms with Gasteiger partial charge in [-0.3, -0.25) is 4.79 Å². The number of aliphatic hydroxyl groups is 4. The van der Waals surface area contributed by atoms with Gasteiger partial charge in [0.15, 0.2) is 29.3 Å². The first-order chi connectivity index (χ1) is 11.2. The van der Waals surface area contributed by atoms with Gasteiger partial charge in [-0.1, -0.05) is 0 Å². The molecule has 0 fully saturated rings. The predicted octanol–water partition coefficient (Wildman–Crippen LogP) is -2.35. The van der Waals surface area contributed by atoms with E-state index in [0.717, 1.165) is 12.1 Å². The third-order valence-corrected chi connectivity index (χ3v) is 3.19. The summed E-state index contributed by atoms with van der Waals surface area (Å²) in [6.07, 6.45) is -7.14. The number of phenols is 3. The number of rotatable bonds is 9. The van der Waals surface area contributed by atoms with Crippen LogP contribution >= 0.6 is 0 Å². The highest BCUT2D eigenvalue weighted by Gasteiger charge is 2.33. The molecule has 0 spiro atoms. The quantitative estimate of drug-likeness (QED) is 0.145. The molecular formula is C14H18O10. The highest BCUT2D eigenvalue weighted by Crippen LogP contribution is 2.35.